The third-order valence-corrected chi connectivity index (χ3v) is 2.94. The fraction of sp³-hybridized carbons (Fsp3) is 0.500. The van der Waals surface area contributed by atoms with E-state index in [9.17, 15) is 0 Å². The second-order valence-corrected chi connectivity index (χ2v) is 6.11. The maximum Gasteiger partial charge on any atom is 0.223 e. The lowest BCUT2D eigenvalue weighted by atomic mass is 10.1. The molecule has 0 atom stereocenters. The van der Waals surface area contributed by atoms with Crippen molar-refractivity contribution in [2.75, 3.05) is 0 Å². The Labute approximate surface area is 126 Å². The molecule has 0 unspecified atom stereocenters. The molecule has 114 valence electrons. The molecule has 0 aromatic carbocycles. The van der Waals surface area contributed by atoms with E-state index in [0.29, 0.717) is 5.88 Å². The first-order chi connectivity index (χ1) is 9.98. The van der Waals surface area contributed by atoms with Crippen molar-refractivity contribution in [3.63, 3.8) is 0 Å². The summed E-state index contributed by atoms with van der Waals surface area (Å²) in [6.45, 7) is 10.1. The van der Waals surface area contributed by atoms with Crippen LogP contribution < -0.4 is 10.1 Å². The number of ether oxygens (including phenoxy) is 1. The highest BCUT2D eigenvalue weighted by Crippen LogP contribution is 2.22. The summed E-state index contributed by atoms with van der Waals surface area (Å²) in [6, 6.07) is 3.95. The Morgan fingerprint density at radius 1 is 1.33 bits per heavy atom. The number of rotatable bonds is 6. The Morgan fingerprint density at radius 3 is 2.86 bits per heavy atom. The van der Waals surface area contributed by atoms with Crippen LogP contribution in [-0.4, -0.2) is 20.3 Å². The summed E-state index contributed by atoms with van der Waals surface area (Å²) < 4.78 is 7.75. The van der Waals surface area contributed by atoms with Crippen LogP contribution in [0.2, 0.25) is 0 Å². The first-order valence-corrected chi connectivity index (χ1v) is 7.37. The minimum Gasteiger partial charge on any atom is -0.435 e. The normalized spacial score (nSPS) is 11.6. The summed E-state index contributed by atoms with van der Waals surface area (Å²) in [5.74, 6) is 1.35. The molecule has 21 heavy (non-hydrogen) atoms. The van der Waals surface area contributed by atoms with Crippen molar-refractivity contribution in [1.29, 1.82) is 0 Å². The number of nitrogens with one attached hydrogen (secondary N) is 1. The molecule has 0 saturated carbocycles. The van der Waals surface area contributed by atoms with Crippen LogP contribution in [0.25, 0.3) is 0 Å². The van der Waals surface area contributed by atoms with E-state index in [-0.39, 0.29) is 5.54 Å². The molecule has 0 amide bonds. The van der Waals surface area contributed by atoms with Gasteiger partial charge < -0.3 is 10.1 Å². The lowest BCUT2D eigenvalue weighted by Crippen LogP contribution is -2.35. The molecule has 0 bridgehead atoms. The Kier molecular flexibility index (Phi) is 4.96. The van der Waals surface area contributed by atoms with Gasteiger partial charge in [0.05, 0.1) is 12.4 Å². The van der Waals surface area contributed by atoms with Gasteiger partial charge in [-0.05, 0) is 33.3 Å². The first-order valence-electron chi connectivity index (χ1n) is 7.37. The molecule has 5 heteroatoms. The van der Waals surface area contributed by atoms with Gasteiger partial charge in [0.15, 0.2) is 5.75 Å². The summed E-state index contributed by atoms with van der Waals surface area (Å²) >= 11 is 0. The van der Waals surface area contributed by atoms with Crippen LogP contribution in [0.3, 0.4) is 0 Å². The van der Waals surface area contributed by atoms with Crippen molar-refractivity contribution in [1.82, 2.24) is 20.1 Å². The van der Waals surface area contributed by atoms with E-state index >= 15 is 0 Å². The van der Waals surface area contributed by atoms with Gasteiger partial charge in [-0.3, -0.25) is 4.68 Å². The molecule has 1 N–H and O–H groups in total. The number of hydrogen-bond donors (Lipinski definition) is 1. The van der Waals surface area contributed by atoms with E-state index in [1.54, 1.807) is 12.4 Å². The summed E-state index contributed by atoms with van der Waals surface area (Å²) in [5.41, 5.74) is 1.09. The zero-order chi connectivity index (χ0) is 15.3. The number of pyridine rings is 1. The van der Waals surface area contributed by atoms with Gasteiger partial charge in [-0.25, -0.2) is 4.98 Å². The standard InChI is InChI=1S/C16H24N4O/c1-5-9-20-12-14(11-19-20)21-15-13(7-6-8-17-15)10-18-16(2,3)4/h6-8,11-12,18H,5,9-10H2,1-4H3. The molecule has 0 aliphatic carbocycles. The van der Waals surface area contributed by atoms with E-state index in [1.807, 2.05) is 23.0 Å². The van der Waals surface area contributed by atoms with Crippen LogP contribution >= 0.6 is 0 Å². The molecule has 0 aliphatic heterocycles. The maximum atomic E-state index is 5.87. The van der Waals surface area contributed by atoms with E-state index in [0.717, 1.165) is 30.8 Å². The molecular weight excluding hydrogens is 264 g/mol. The second-order valence-electron chi connectivity index (χ2n) is 6.11. The average Bonchev–Trinajstić information content (AvgIpc) is 2.85. The van der Waals surface area contributed by atoms with Crippen molar-refractivity contribution in [3.05, 3.63) is 36.3 Å². The van der Waals surface area contributed by atoms with E-state index in [1.165, 1.54) is 0 Å². The highest BCUT2D eigenvalue weighted by atomic mass is 16.5. The topological polar surface area (TPSA) is 52.0 Å². The van der Waals surface area contributed by atoms with Crippen molar-refractivity contribution in [2.45, 2.75) is 52.7 Å². The molecule has 2 aromatic rings. The summed E-state index contributed by atoms with van der Waals surface area (Å²) in [4.78, 5) is 4.33. The smallest absolute Gasteiger partial charge is 0.223 e. The Morgan fingerprint density at radius 2 is 2.14 bits per heavy atom. The van der Waals surface area contributed by atoms with Crippen LogP contribution in [0.1, 0.15) is 39.7 Å². The van der Waals surface area contributed by atoms with Crippen LogP contribution in [0.15, 0.2) is 30.7 Å². The predicted octanol–water partition coefficient (Wildman–Crippen LogP) is 3.37. The fourth-order valence-corrected chi connectivity index (χ4v) is 1.87. The number of aromatic nitrogens is 3. The minimum atomic E-state index is 0.0547. The summed E-state index contributed by atoms with van der Waals surface area (Å²) in [7, 11) is 0. The Bertz CT molecular complexity index is 572. The van der Waals surface area contributed by atoms with Crippen molar-refractivity contribution < 1.29 is 4.74 Å². The molecule has 0 aliphatic rings. The molecule has 0 spiro atoms. The molecule has 0 saturated heterocycles. The third-order valence-electron chi connectivity index (χ3n) is 2.94. The predicted molar refractivity (Wildman–Crippen MR) is 83.4 cm³/mol. The third kappa shape index (κ3) is 4.86. The van der Waals surface area contributed by atoms with Crippen LogP contribution in [0, 0.1) is 0 Å². The lowest BCUT2D eigenvalue weighted by molar-refractivity contribution is 0.409. The summed E-state index contributed by atoms with van der Waals surface area (Å²) in [6.07, 6.45) is 6.42. The van der Waals surface area contributed by atoms with E-state index < -0.39 is 0 Å². The summed E-state index contributed by atoms with van der Waals surface area (Å²) in [5, 5.41) is 7.71. The highest BCUT2D eigenvalue weighted by molar-refractivity contribution is 5.30. The van der Waals surface area contributed by atoms with Gasteiger partial charge in [-0.15, -0.1) is 0 Å². The largest absolute Gasteiger partial charge is 0.435 e. The van der Waals surface area contributed by atoms with Gasteiger partial charge in [-0.2, -0.15) is 5.10 Å². The molecule has 2 rings (SSSR count). The number of hydrogen-bond acceptors (Lipinski definition) is 4. The van der Waals surface area contributed by atoms with E-state index in [4.69, 9.17) is 4.74 Å². The van der Waals surface area contributed by atoms with Crippen LogP contribution in [0.5, 0.6) is 11.6 Å². The van der Waals surface area contributed by atoms with Gasteiger partial charge in [0, 0.05) is 30.4 Å². The molecule has 0 radical (unpaired) electrons. The first kappa shape index (κ1) is 15.5. The van der Waals surface area contributed by atoms with Crippen LogP contribution in [0.4, 0.5) is 0 Å². The number of aryl methyl sites for hydroxylation is 1. The van der Waals surface area contributed by atoms with E-state index in [2.05, 4.69) is 43.1 Å². The zero-order valence-corrected chi connectivity index (χ0v) is 13.3. The van der Waals surface area contributed by atoms with Crippen LogP contribution in [-0.2, 0) is 13.1 Å². The van der Waals surface area contributed by atoms with Crippen molar-refractivity contribution >= 4 is 0 Å². The molecular formula is C16H24N4O. The van der Waals surface area contributed by atoms with Crippen molar-refractivity contribution in [2.24, 2.45) is 0 Å². The molecule has 5 nitrogen and oxygen atoms in total. The van der Waals surface area contributed by atoms with Gasteiger partial charge in [0.1, 0.15) is 0 Å². The molecule has 2 heterocycles. The highest BCUT2D eigenvalue weighted by Gasteiger charge is 2.12. The van der Waals surface area contributed by atoms with Gasteiger partial charge in [0.2, 0.25) is 5.88 Å². The Hall–Kier alpha value is -1.88. The minimum absolute atomic E-state index is 0.0547. The van der Waals surface area contributed by atoms with Gasteiger partial charge >= 0.3 is 0 Å². The number of nitrogens with zero attached hydrogens (tertiary/aromatic N) is 3. The second kappa shape index (κ2) is 6.72. The fourth-order valence-electron chi connectivity index (χ4n) is 1.87. The average molecular weight is 288 g/mol. The Balaban J connectivity index is 2.08. The lowest BCUT2D eigenvalue weighted by Gasteiger charge is -2.21. The molecule has 2 aromatic heterocycles. The monoisotopic (exact) mass is 288 g/mol. The zero-order valence-electron chi connectivity index (χ0n) is 13.3. The SMILES string of the molecule is CCCn1cc(Oc2ncccc2CNC(C)(C)C)cn1. The molecule has 0 fully saturated rings. The van der Waals surface area contributed by atoms with Gasteiger partial charge in [0.25, 0.3) is 0 Å². The van der Waals surface area contributed by atoms with Gasteiger partial charge in [-0.1, -0.05) is 13.0 Å². The maximum absolute atomic E-state index is 5.87. The van der Waals surface area contributed by atoms with Crippen molar-refractivity contribution in [3.8, 4) is 11.6 Å². The quantitative estimate of drug-likeness (QED) is 0.885.